The lowest BCUT2D eigenvalue weighted by molar-refractivity contribution is -0.116. The molecular weight excluding hydrogens is 308 g/mol. The Morgan fingerprint density at radius 1 is 1.26 bits per heavy atom. The highest BCUT2D eigenvalue weighted by molar-refractivity contribution is 7.09. The summed E-state index contributed by atoms with van der Waals surface area (Å²) in [5.74, 6) is -0.0946. The third-order valence-electron chi connectivity index (χ3n) is 3.46. The number of nitrogens with zero attached hydrogens (tertiary/aromatic N) is 3. The lowest BCUT2D eigenvalue weighted by Crippen LogP contribution is -2.20. The summed E-state index contributed by atoms with van der Waals surface area (Å²) >= 11 is 1.61. The Morgan fingerprint density at radius 2 is 2.09 bits per heavy atom. The summed E-state index contributed by atoms with van der Waals surface area (Å²) in [5, 5.41) is 10.3. The minimum Gasteiger partial charge on any atom is -0.324 e. The molecule has 23 heavy (non-hydrogen) atoms. The van der Waals surface area contributed by atoms with Crippen LogP contribution < -0.4 is 5.32 Å². The van der Waals surface area contributed by atoms with Crippen molar-refractivity contribution in [3.05, 3.63) is 52.1 Å². The van der Waals surface area contributed by atoms with Gasteiger partial charge in [-0.2, -0.15) is 5.10 Å². The maximum atomic E-state index is 12.2. The Morgan fingerprint density at radius 3 is 2.74 bits per heavy atom. The Kier molecular flexibility index (Phi) is 4.25. The maximum Gasteiger partial charge on any atom is 0.246 e. The molecule has 3 aromatic rings. The van der Waals surface area contributed by atoms with Gasteiger partial charge < -0.3 is 5.32 Å². The van der Waals surface area contributed by atoms with Crippen molar-refractivity contribution >= 4 is 22.9 Å². The Bertz CT molecular complexity index is 850. The van der Waals surface area contributed by atoms with Crippen LogP contribution in [0.25, 0.3) is 11.3 Å². The van der Waals surface area contributed by atoms with Gasteiger partial charge in [0.15, 0.2) is 0 Å². The normalized spacial score (nSPS) is 10.7. The molecule has 0 unspecified atom stereocenters. The molecule has 2 aromatic heterocycles. The number of amides is 1. The molecule has 0 aliphatic heterocycles. The van der Waals surface area contributed by atoms with Crippen LogP contribution >= 0.6 is 11.3 Å². The third kappa shape index (κ3) is 3.65. The molecule has 0 saturated carbocycles. The van der Waals surface area contributed by atoms with Crippen molar-refractivity contribution in [3.63, 3.8) is 0 Å². The standard InChI is InChI=1S/C17H18N4OS/c1-11-7-12(2)21(20-11)9-17(22)19-15-6-4-5-14(8-15)16-10-23-13(3)18-16/h4-8,10H,9H2,1-3H3,(H,19,22). The predicted molar refractivity (Wildman–Crippen MR) is 92.6 cm³/mol. The van der Waals surface area contributed by atoms with E-state index in [1.54, 1.807) is 16.0 Å². The van der Waals surface area contributed by atoms with Gasteiger partial charge in [-0.1, -0.05) is 12.1 Å². The van der Waals surface area contributed by atoms with Gasteiger partial charge >= 0.3 is 0 Å². The molecule has 118 valence electrons. The molecule has 6 heteroatoms. The van der Waals surface area contributed by atoms with Crippen molar-refractivity contribution in [2.45, 2.75) is 27.3 Å². The van der Waals surface area contributed by atoms with Crippen molar-refractivity contribution in [3.8, 4) is 11.3 Å². The second-order valence-electron chi connectivity index (χ2n) is 5.47. The van der Waals surface area contributed by atoms with Crippen LogP contribution in [0.5, 0.6) is 0 Å². The van der Waals surface area contributed by atoms with E-state index >= 15 is 0 Å². The number of anilines is 1. The van der Waals surface area contributed by atoms with Gasteiger partial charge in [0.25, 0.3) is 0 Å². The first-order valence-electron chi connectivity index (χ1n) is 7.35. The van der Waals surface area contributed by atoms with Crippen LogP contribution in [0, 0.1) is 20.8 Å². The van der Waals surface area contributed by atoms with Crippen LogP contribution in [0.3, 0.4) is 0 Å². The molecule has 0 bridgehead atoms. The number of aromatic nitrogens is 3. The van der Waals surface area contributed by atoms with Crippen molar-refractivity contribution in [2.75, 3.05) is 5.32 Å². The molecule has 3 rings (SSSR count). The number of carbonyl (C=O) groups is 1. The summed E-state index contributed by atoms with van der Waals surface area (Å²) in [6, 6.07) is 9.68. The summed E-state index contributed by atoms with van der Waals surface area (Å²) in [6.07, 6.45) is 0. The van der Waals surface area contributed by atoms with E-state index < -0.39 is 0 Å². The first kappa shape index (κ1) is 15.4. The predicted octanol–water partition coefficient (Wildman–Crippen LogP) is 3.57. The third-order valence-corrected chi connectivity index (χ3v) is 4.23. The molecule has 1 amide bonds. The van der Waals surface area contributed by atoms with Gasteiger partial charge in [-0.15, -0.1) is 11.3 Å². The Hall–Kier alpha value is -2.47. The van der Waals surface area contributed by atoms with Gasteiger partial charge in [-0.3, -0.25) is 9.48 Å². The van der Waals surface area contributed by atoms with Gasteiger partial charge in [0.05, 0.1) is 16.4 Å². The summed E-state index contributed by atoms with van der Waals surface area (Å²) in [4.78, 5) is 16.7. The van der Waals surface area contributed by atoms with Gasteiger partial charge in [0.2, 0.25) is 5.91 Å². The minimum absolute atomic E-state index is 0.0946. The highest BCUT2D eigenvalue weighted by Gasteiger charge is 2.09. The number of aryl methyl sites for hydroxylation is 3. The number of hydrogen-bond donors (Lipinski definition) is 1. The first-order chi connectivity index (χ1) is 11.0. The average molecular weight is 326 g/mol. The van der Waals surface area contributed by atoms with E-state index in [0.29, 0.717) is 0 Å². The molecule has 5 nitrogen and oxygen atoms in total. The molecule has 0 aliphatic carbocycles. The fraction of sp³-hybridized carbons (Fsp3) is 0.235. The van der Waals surface area contributed by atoms with Crippen molar-refractivity contribution in [1.82, 2.24) is 14.8 Å². The van der Waals surface area contributed by atoms with Crippen LogP contribution in [0.4, 0.5) is 5.69 Å². The Balaban J connectivity index is 1.72. The second kappa shape index (κ2) is 6.34. The number of nitrogens with one attached hydrogen (secondary N) is 1. The topological polar surface area (TPSA) is 59.8 Å². The van der Waals surface area contributed by atoms with Crippen LogP contribution in [0.2, 0.25) is 0 Å². The molecule has 1 aromatic carbocycles. The van der Waals surface area contributed by atoms with Gasteiger partial charge in [-0.25, -0.2) is 4.98 Å². The van der Waals surface area contributed by atoms with E-state index in [4.69, 9.17) is 0 Å². The van der Waals surface area contributed by atoms with E-state index in [1.807, 2.05) is 56.5 Å². The van der Waals surface area contributed by atoms with Crippen molar-refractivity contribution in [2.24, 2.45) is 0 Å². The zero-order chi connectivity index (χ0) is 16.4. The monoisotopic (exact) mass is 326 g/mol. The quantitative estimate of drug-likeness (QED) is 0.797. The fourth-order valence-corrected chi connectivity index (χ4v) is 3.05. The van der Waals surface area contributed by atoms with E-state index in [-0.39, 0.29) is 12.5 Å². The lowest BCUT2D eigenvalue weighted by atomic mass is 10.1. The molecule has 1 N–H and O–H groups in total. The Labute approximate surface area is 139 Å². The molecule has 0 radical (unpaired) electrons. The van der Waals surface area contributed by atoms with Crippen LogP contribution in [-0.4, -0.2) is 20.7 Å². The van der Waals surface area contributed by atoms with Crippen LogP contribution in [-0.2, 0) is 11.3 Å². The molecule has 0 spiro atoms. The fourth-order valence-electron chi connectivity index (χ4n) is 2.42. The van der Waals surface area contributed by atoms with Gasteiger partial charge in [0, 0.05) is 22.3 Å². The summed E-state index contributed by atoms with van der Waals surface area (Å²) in [5.41, 5.74) is 4.58. The van der Waals surface area contributed by atoms with Crippen LogP contribution in [0.15, 0.2) is 35.7 Å². The highest BCUT2D eigenvalue weighted by Crippen LogP contribution is 2.24. The minimum atomic E-state index is -0.0946. The van der Waals surface area contributed by atoms with Gasteiger partial charge in [-0.05, 0) is 39.0 Å². The van der Waals surface area contributed by atoms with E-state index in [2.05, 4.69) is 15.4 Å². The number of benzene rings is 1. The number of rotatable bonds is 4. The molecule has 2 heterocycles. The molecular formula is C17H18N4OS. The molecule has 0 saturated heterocycles. The molecule has 0 fully saturated rings. The smallest absolute Gasteiger partial charge is 0.246 e. The number of hydrogen-bond acceptors (Lipinski definition) is 4. The summed E-state index contributed by atoms with van der Waals surface area (Å²) < 4.78 is 1.71. The van der Waals surface area contributed by atoms with Crippen LogP contribution in [0.1, 0.15) is 16.4 Å². The summed E-state index contributed by atoms with van der Waals surface area (Å²) in [7, 11) is 0. The van der Waals surface area contributed by atoms with Crippen molar-refractivity contribution in [1.29, 1.82) is 0 Å². The summed E-state index contributed by atoms with van der Waals surface area (Å²) in [6.45, 7) is 6.05. The highest BCUT2D eigenvalue weighted by atomic mass is 32.1. The molecule has 0 atom stereocenters. The number of carbonyl (C=O) groups excluding carboxylic acids is 1. The zero-order valence-corrected chi connectivity index (χ0v) is 14.1. The van der Waals surface area contributed by atoms with E-state index in [1.165, 1.54) is 0 Å². The zero-order valence-electron chi connectivity index (χ0n) is 13.3. The van der Waals surface area contributed by atoms with E-state index in [0.717, 1.165) is 33.3 Å². The van der Waals surface area contributed by atoms with Crippen molar-refractivity contribution < 1.29 is 4.79 Å². The van der Waals surface area contributed by atoms with Gasteiger partial charge in [0.1, 0.15) is 6.54 Å². The second-order valence-corrected chi connectivity index (χ2v) is 6.53. The maximum absolute atomic E-state index is 12.2. The molecule has 0 aliphatic rings. The first-order valence-corrected chi connectivity index (χ1v) is 8.23. The largest absolute Gasteiger partial charge is 0.324 e. The SMILES string of the molecule is Cc1cc(C)n(CC(=O)Nc2cccc(-c3csc(C)n3)c2)n1. The van der Waals surface area contributed by atoms with E-state index in [9.17, 15) is 4.79 Å². The number of thiazole rings is 1. The average Bonchev–Trinajstić information content (AvgIpc) is 3.05. The lowest BCUT2D eigenvalue weighted by Gasteiger charge is -2.08.